The number of furan rings is 1. The average Bonchev–Trinajstić information content (AvgIpc) is 3.93. The fourth-order valence-corrected chi connectivity index (χ4v) is 10.3. The zero-order valence-corrected chi connectivity index (χ0v) is 33.7. The number of benzene rings is 9. The summed E-state index contributed by atoms with van der Waals surface area (Å²) in [6.07, 6.45) is 0. The van der Waals surface area contributed by atoms with Crippen LogP contribution in [-0.2, 0) is 5.41 Å². The topological polar surface area (TPSA) is 30.5 Å². The highest BCUT2D eigenvalue weighted by Crippen LogP contribution is 2.54. The van der Waals surface area contributed by atoms with Crippen molar-refractivity contribution in [2.75, 3.05) is 4.90 Å². The first-order valence-electron chi connectivity index (χ1n) is 21.0. The van der Waals surface area contributed by atoms with Crippen LogP contribution in [0.25, 0.3) is 82.8 Å². The summed E-state index contributed by atoms with van der Waals surface area (Å²) in [5.74, 6) is 1.59. The van der Waals surface area contributed by atoms with Crippen LogP contribution in [0.3, 0.4) is 0 Å². The van der Waals surface area contributed by atoms with E-state index in [9.17, 15) is 0 Å². The zero-order chi connectivity index (χ0) is 40.4. The van der Waals surface area contributed by atoms with Gasteiger partial charge in [-0.1, -0.05) is 141 Å². The fourth-order valence-electron chi connectivity index (χ4n) is 10.3. The molecule has 2 aliphatic rings. The second-order valence-corrected chi connectivity index (χ2v) is 16.9. The SMILES string of the molecule is CC1(C)c2ccccc2-c2cc(-n3c4ccccc4c4ccc(-c5cccc(-c6ccc7c(c6)Oc6ccccc6N7c6cccc7c6oc6ccccc67)c5)cc43)ccc21. The Morgan fingerprint density at radius 3 is 1.98 bits per heavy atom. The third kappa shape index (κ3) is 4.93. The highest BCUT2D eigenvalue weighted by atomic mass is 16.5. The minimum atomic E-state index is -0.0401. The molecule has 4 heteroatoms. The van der Waals surface area contributed by atoms with Crippen LogP contribution in [0.2, 0.25) is 0 Å². The first kappa shape index (κ1) is 34.1. The number of para-hydroxylation sites is 5. The summed E-state index contributed by atoms with van der Waals surface area (Å²) in [7, 11) is 0. The Morgan fingerprint density at radius 2 is 1.07 bits per heavy atom. The summed E-state index contributed by atoms with van der Waals surface area (Å²) in [6, 6.07) is 69.9. The van der Waals surface area contributed by atoms with Crippen molar-refractivity contribution in [3.8, 4) is 50.6 Å². The molecule has 4 nitrogen and oxygen atoms in total. The fraction of sp³-hybridized carbons (Fsp3) is 0.0526. The monoisotopic (exact) mass is 782 g/mol. The van der Waals surface area contributed by atoms with Crippen LogP contribution < -0.4 is 9.64 Å². The number of ether oxygens (including phenoxy) is 1. The van der Waals surface area contributed by atoms with Gasteiger partial charge in [0, 0.05) is 32.6 Å². The Bertz CT molecular complexity index is 3620. The Morgan fingerprint density at radius 1 is 0.410 bits per heavy atom. The number of fused-ring (bicyclic) bond motifs is 11. The van der Waals surface area contributed by atoms with E-state index < -0.39 is 0 Å². The first-order chi connectivity index (χ1) is 30.0. The van der Waals surface area contributed by atoms with Crippen molar-refractivity contribution in [1.82, 2.24) is 4.57 Å². The van der Waals surface area contributed by atoms with Crippen molar-refractivity contribution >= 4 is 60.8 Å². The number of anilines is 3. The Kier molecular flexibility index (Phi) is 7.04. The molecule has 13 rings (SSSR count). The minimum absolute atomic E-state index is 0.0401. The van der Waals surface area contributed by atoms with E-state index in [2.05, 4.69) is 193 Å². The van der Waals surface area contributed by atoms with E-state index in [1.165, 1.54) is 55.3 Å². The van der Waals surface area contributed by atoms with E-state index in [1.807, 2.05) is 24.3 Å². The average molecular weight is 783 g/mol. The van der Waals surface area contributed by atoms with Gasteiger partial charge in [-0.25, -0.2) is 0 Å². The summed E-state index contributed by atoms with van der Waals surface area (Å²) < 4.78 is 15.7. The molecule has 0 saturated heterocycles. The van der Waals surface area contributed by atoms with Gasteiger partial charge in [0.2, 0.25) is 0 Å². The molecule has 0 spiro atoms. The van der Waals surface area contributed by atoms with Crippen LogP contribution in [0.4, 0.5) is 17.1 Å². The lowest BCUT2D eigenvalue weighted by molar-refractivity contribution is 0.477. The second kappa shape index (κ2) is 12.6. The van der Waals surface area contributed by atoms with E-state index in [4.69, 9.17) is 9.15 Å². The molecule has 3 heterocycles. The van der Waals surface area contributed by atoms with Gasteiger partial charge < -0.3 is 13.7 Å². The van der Waals surface area contributed by atoms with Crippen LogP contribution in [0.15, 0.2) is 199 Å². The van der Waals surface area contributed by atoms with Crippen molar-refractivity contribution in [1.29, 1.82) is 0 Å². The van der Waals surface area contributed by atoms with Gasteiger partial charge in [-0.2, -0.15) is 0 Å². The van der Waals surface area contributed by atoms with Gasteiger partial charge in [-0.05, 0) is 111 Å². The minimum Gasteiger partial charge on any atom is -0.454 e. The molecule has 0 radical (unpaired) electrons. The highest BCUT2D eigenvalue weighted by molar-refractivity contribution is 6.12. The summed E-state index contributed by atoms with van der Waals surface area (Å²) in [5, 5.41) is 4.69. The van der Waals surface area contributed by atoms with E-state index >= 15 is 0 Å². The van der Waals surface area contributed by atoms with Gasteiger partial charge in [-0.15, -0.1) is 0 Å². The quantitative estimate of drug-likeness (QED) is 0.178. The van der Waals surface area contributed by atoms with Gasteiger partial charge in [-0.3, -0.25) is 4.90 Å². The maximum atomic E-state index is 6.69. The Balaban J connectivity index is 0.916. The molecule has 0 bridgehead atoms. The van der Waals surface area contributed by atoms with E-state index in [-0.39, 0.29) is 5.41 Å². The largest absolute Gasteiger partial charge is 0.454 e. The molecule has 0 saturated carbocycles. The lowest BCUT2D eigenvalue weighted by Crippen LogP contribution is -2.16. The van der Waals surface area contributed by atoms with Crippen molar-refractivity contribution in [2.45, 2.75) is 19.3 Å². The normalized spacial score (nSPS) is 13.6. The molecule has 1 aliphatic heterocycles. The molecule has 2 aromatic heterocycles. The number of aromatic nitrogens is 1. The van der Waals surface area contributed by atoms with Crippen LogP contribution in [0.1, 0.15) is 25.0 Å². The molecule has 1 aliphatic carbocycles. The number of rotatable bonds is 4. The van der Waals surface area contributed by atoms with Gasteiger partial charge in [0.1, 0.15) is 5.58 Å². The number of hydrogen-bond donors (Lipinski definition) is 0. The summed E-state index contributed by atoms with van der Waals surface area (Å²) in [5.41, 5.74) is 18.1. The molecule has 0 N–H and O–H groups in total. The third-order valence-corrected chi connectivity index (χ3v) is 13.2. The van der Waals surface area contributed by atoms with E-state index in [1.54, 1.807) is 0 Å². The maximum Gasteiger partial charge on any atom is 0.159 e. The lowest BCUT2D eigenvalue weighted by atomic mass is 9.82. The van der Waals surface area contributed by atoms with Gasteiger partial charge >= 0.3 is 0 Å². The zero-order valence-electron chi connectivity index (χ0n) is 33.7. The molecular formula is C57H38N2O2. The summed E-state index contributed by atoms with van der Waals surface area (Å²) in [4.78, 5) is 2.27. The highest BCUT2D eigenvalue weighted by Gasteiger charge is 2.35. The molecule has 61 heavy (non-hydrogen) atoms. The van der Waals surface area contributed by atoms with Gasteiger partial charge in [0.05, 0.1) is 28.1 Å². The van der Waals surface area contributed by atoms with Crippen molar-refractivity contribution < 1.29 is 9.15 Å². The molecule has 0 fully saturated rings. The van der Waals surface area contributed by atoms with Gasteiger partial charge in [0.15, 0.2) is 17.1 Å². The second-order valence-electron chi connectivity index (χ2n) is 16.9. The smallest absolute Gasteiger partial charge is 0.159 e. The Labute approximate surface area is 353 Å². The predicted molar refractivity (Wildman–Crippen MR) is 251 cm³/mol. The predicted octanol–water partition coefficient (Wildman–Crippen LogP) is 15.9. The lowest BCUT2D eigenvalue weighted by Gasteiger charge is -2.33. The number of nitrogens with zero attached hydrogens (tertiary/aromatic N) is 2. The van der Waals surface area contributed by atoms with Crippen LogP contribution >= 0.6 is 0 Å². The van der Waals surface area contributed by atoms with Crippen molar-refractivity contribution in [2.24, 2.45) is 0 Å². The maximum absolute atomic E-state index is 6.69. The van der Waals surface area contributed by atoms with Crippen molar-refractivity contribution in [3.05, 3.63) is 205 Å². The summed E-state index contributed by atoms with van der Waals surface area (Å²) in [6.45, 7) is 4.68. The molecule has 0 atom stereocenters. The van der Waals surface area contributed by atoms with Crippen LogP contribution in [-0.4, -0.2) is 4.57 Å². The van der Waals surface area contributed by atoms with Gasteiger partial charge in [0.25, 0.3) is 0 Å². The molecule has 0 unspecified atom stereocenters. The molecule has 0 amide bonds. The summed E-state index contributed by atoms with van der Waals surface area (Å²) >= 11 is 0. The molecular weight excluding hydrogens is 745 g/mol. The number of hydrogen-bond acceptors (Lipinski definition) is 3. The van der Waals surface area contributed by atoms with E-state index in [0.29, 0.717) is 0 Å². The van der Waals surface area contributed by atoms with Crippen LogP contribution in [0, 0.1) is 0 Å². The third-order valence-electron chi connectivity index (χ3n) is 13.2. The van der Waals surface area contributed by atoms with E-state index in [0.717, 1.165) is 67.2 Å². The standard InChI is InChI=1S/C57H38N2O2/c1-57(2)46-19-6-3-15-40(46)45-34-39(27-29-47(45)57)58-48-20-7-4-16-41(48)42-28-25-37(32-52(42)58)35-13-11-14-36(31-35)38-26-30-50-55(33-38)60-54-24-10-8-21-49(54)59(50)51-22-12-18-44-43-17-5-9-23-53(43)61-56(44)51/h3-34H,1-2H3. The molecule has 9 aromatic carbocycles. The Hall–Kier alpha value is -7.82. The first-order valence-corrected chi connectivity index (χ1v) is 21.0. The van der Waals surface area contributed by atoms with Crippen molar-refractivity contribution in [3.63, 3.8) is 0 Å². The molecule has 11 aromatic rings. The molecule has 288 valence electrons. The van der Waals surface area contributed by atoms with Crippen LogP contribution in [0.5, 0.6) is 11.5 Å².